The van der Waals surface area contributed by atoms with Gasteiger partial charge in [0.25, 0.3) is 0 Å². The Hall–Kier alpha value is -1.10. The molecule has 0 bridgehead atoms. The van der Waals surface area contributed by atoms with Gasteiger partial charge in [0, 0.05) is 5.54 Å². The average molecular weight is 215 g/mol. The van der Waals surface area contributed by atoms with Crippen LogP contribution in [0.1, 0.15) is 34.1 Å². The highest BCUT2D eigenvalue weighted by atomic mass is 16.2. The molecular formula is C10H21N3O2. The molecule has 0 fully saturated rings. The molecule has 0 rings (SSSR count). The van der Waals surface area contributed by atoms with Crippen molar-refractivity contribution in [1.82, 2.24) is 10.6 Å². The smallest absolute Gasteiger partial charge is 0.235 e. The van der Waals surface area contributed by atoms with Crippen LogP contribution < -0.4 is 16.4 Å². The first-order valence-electron chi connectivity index (χ1n) is 5.10. The summed E-state index contributed by atoms with van der Waals surface area (Å²) in [4.78, 5) is 22.5. The number of nitrogens with one attached hydrogen (secondary N) is 2. The van der Waals surface area contributed by atoms with Crippen LogP contribution in [-0.4, -0.2) is 29.9 Å². The summed E-state index contributed by atoms with van der Waals surface area (Å²) in [5.41, 5.74) is 4.87. The molecule has 0 aromatic rings. The predicted molar refractivity (Wildman–Crippen MR) is 59.2 cm³/mol. The van der Waals surface area contributed by atoms with Crippen molar-refractivity contribution in [3.63, 3.8) is 0 Å². The van der Waals surface area contributed by atoms with Crippen molar-refractivity contribution in [1.29, 1.82) is 0 Å². The Balaban J connectivity index is 4.18. The molecule has 0 aromatic carbocycles. The molecule has 88 valence electrons. The number of carbonyl (C=O) groups is 2. The van der Waals surface area contributed by atoms with Crippen LogP contribution in [-0.2, 0) is 9.59 Å². The molecule has 1 atom stereocenters. The molecule has 1 unspecified atom stereocenters. The van der Waals surface area contributed by atoms with Crippen LogP contribution in [0.15, 0.2) is 0 Å². The van der Waals surface area contributed by atoms with Crippen molar-refractivity contribution in [3.8, 4) is 0 Å². The monoisotopic (exact) mass is 215 g/mol. The van der Waals surface area contributed by atoms with Gasteiger partial charge < -0.3 is 16.4 Å². The lowest BCUT2D eigenvalue weighted by atomic mass is 10.1. The minimum Gasteiger partial charge on any atom is -0.368 e. The van der Waals surface area contributed by atoms with Crippen LogP contribution in [0.4, 0.5) is 0 Å². The van der Waals surface area contributed by atoms with Crippen LogP contribution in [0.3, 0.4) is 0 Å². The minimum atomic E-state index is -0.586. The number of hydrogen-bond donors (Lipinski definition) is 3. The third-order valence-electron chi connectivity index (χ3n) is 1.70. The van der Waals surface area contributed by atoms with Gasteiger partial charge >= 0.3 is 0 Å². The van der Waals surface area contributed by atoms with E-state index in [9.17, 15) is 9.59 Å². The van der Waals surface area contributed by atoms with E-state index in [4.69, 9.17) is 5.73 Å². The summed E-state index contributed by atoms with van der Waals surface area (Å²) in [5.74, 6) is -0.673. The topological polar surface area (TPSA) is 84.2 Å². The number of amides is 2. The van der Waals surface area contributed by atoms with Gasteiger partial charge in [0.05, 0.1) is 12.5 Å². The van der Waals surface area contributed by atoms with E-state index in [-0.39, 0.29) is 17.9 Å². The van der Waals surface area contributed by atoms with E-state index in [0.717, 1.165) is 0 Å². The molecule has 4 N–H and O–H groups in total. The Kier molecular flexibility index (Phi) is 5.28. The van der Waals surface area contributed by atoms with Crippen molar-refractivity contribution in [2.75, 3.05) is 6.54 Å². The number of hydrogen-bond acceptors (Lipinski definition) is 3. The number of primary amides is 1. The Morgan fingerprint density at radius 3 is 2.20 bits per heavy atom. The SMILES string of the molecule is CCNC(CC(=O)NC(C)(C)C)C(N)=O. The van der Waals surface area contributed by atoms with Crippen molar-refractivity contribution < 1.29 is 9.59 Å². The first-order valence-corrected chi connectivity index (χ1v) is 5.10. The van der Waals surface area contributed by atoms with Crippen molar-refractivity contribution in [2.45, 2.75) is 45.7 Å². The molecule has 0 aliphatic heterocycles. The largest absolute Gasteiger partial charge is 0.368 e. The zero-order chi connectivity index (χ0) is 12.1. The molecule has 0 spiro atoms. The zero-order valence-electron chi connectivity index (χ0n) is 9.89. The summed E-state index contributed by atoms with van der Waals surface area (Å²) < 4.78 is 0. The normalized spacial score (nSPS) is 13.3. The lowest BCUT2D eigenvalue weighted by Crippen LogP contribution is -2.48. The molecule has 5 nitrogen and oxygen atoms in total. The molecule has 0 aliphatic rings. The summed E-state index contributed by atoms with van der Waals surface area (Å²) in [5, 5.41) is 5.64. The highest BCUT2D eigenvalue weighted by molar-refractivity contribution is 5.87. The fourth-order valence-corrected chi connectivity index (χ4v) is 1.17. The fourth-order valence-electron chi connectivity index (χ4n) is 1.17. The van der Waals surface area contributed by atoms with E-state index in [0.29, 0.717) is 6.54 Å². The maximum Gasteiger partial charge on any atom is 0.235 e. The Labute approximate surface area is 90.8 Å². The summed E-state index contributed by atoms with van der Waals surface area (Å²) in [6.07, 6.45) is 0.0838. The van der Waals surface area contributed by atoms with Gasteiger partial charge in [0.15, 0.2) is 0 Å². The third kappa shape index (κ3) is 6.90. The van der Waals surface area contributed by atoms with Gasteiger partial charge in [0.2, 0.25) is 11.8 Å². The van der Waals surface area contributed by atoms with E-state index in [2.05, 4.69) is 10.6 Å². The first-order chi connectivity index (χ1) is 6.76. The van der Waals surface area contributed by atoms with Gasteiger partial charge in [0.1, 0.15) is 0 Å². The zero-order valence-corrected chi connectivity index (χ0v) is 9.89. The molecule has 0 aromatic heterocycles. The Morgan fingerprint density at radius 1 is 1.33 bits per heavy atom. The summed E-state index contributed by atoms with van der Waals surface area (Å²) in [7, 11) is 0. The van der Waals surface area contributed by atoms with Gasteiger partial charge in [-0.05, 0) is 27.3 Å². The van der Waals surface area contributed by atoms with Gasteiger partial charge in [-0.2, -0.15) is 0 Å². The molecule has 0 saturated heterocycles. The highest BCUT2D eigenvalue weighted by Crippen LogP contribution is 2.00. The molecule has 0 heterocycles. The van der Waals surface area contributed by atoms with Crippen LogP contribution in [0.25, 0.3) is 0 Å². The Morgan fingerprint density at radius 2 is 1.87 bits per heavy atom. The van der Waals surface area contributed by atoms with Crippen molar-refractivity contribution in [2.24, 2.45) is 5.73 Å². The van der Waals surface area contributed by atoms with Crippen LogP contribution in [0.5, 0.6) is 0 Å². The summed E-state index contributed by atoms with van der Waals surface area (Å²) >= 11 is 0. The number of rotatable bonds is 5. The van der Waals surface area contributed by atoms with Gasteiger partial charge in [-0.1, -0.05) is 6.92 Å². The second-order valence-electron chi connectivity index (χ2n) is 4.51. The minimum absolute atomic E-state index is 0.0838. The second kappa shape index (κ2) is 5.70. The summed E-state index contributed by atoms with van der Waals surface area (Å²) in [6.45, 7) is 8.13. The van der Waals surface area contributed by atoms with E-state index in [1.807, 2.05) is 27.7 Å². The molecule has 5 heteroatoms. The molecule has 0 aliphatic carbocycles. The number of nitrogens with two attached hydrogens (primary N) is 1. The van der Waals surface area contributed by atoms with Crippen LogP contribution in [0, 0.1) is 0 Å². The maximum atomic E-state index is 11.5. The van der Waals surface area contributed by atoms with E-state index < -0.39 is 11.9 Å². The maximum absolute atomic E-state index is 11.5. The third-order valence-corrected chi connectivity index (χ3v) is 1.70. The standard InChI is InChI=1S/C10H21N3O2/c1-5-12-7(9(11)15)6-8(14)13-10(2,3)4/h7,12H,5-6H2,1-4H3,(H2,11,15)(H,13,14). The van der Waals surface area contributed by atoms with Gasteiger partial charge in [-0.15, -0.1) is 0 Å². The lowest BCUT2D eigenvalue weighted by Gasteiger charge is -2.22. The van der Waals surface area contributed by atoms with Crippen molar-refractivity contribution >= 4 is 11.8 Å². The molecular weight excluding hydrogens is 194 g/mol. The molecule has 0 saturated carbocycles. The quantitative estimate of drug-likeness (QED) is 0.591. The fraction of sp³-hybridized carbons (Fsp3) is 0.800. The number of likely N-dealkylation sites (N-methyl/N-ethyl adjacent to an activating group) is 1. The van der Waals surface area contributed by atoms with Crippen molar-refractivity contribution in [3.05, 3.63) is 0 Å². The first kappa shape index (κ1) is 13.9. The Bertz CT molecular complexity index is 233. The second-order valence-corrected chi connectivity index (χ2v) is 4.51. The summed E-state index contributed by atoms with van der Waals surface area (Å²) in [6, 6.07) is -0.586. The van der Waals surface area contributed by atoms with Gasteiger partial charge in [-0.25, -0.2) is 0 Å². The lowest BCUT2D eigenvalue weighted by molar-refractivity contribution is -0.127. The van der Waals surface area contributed by atoms with E-state index in [1.54, 1.807) is 0 Å². The molecule has 0 radical (unpaired) electrons. The predicted octanol–water partition coefficient (Wildman–Crippen LogP) is -0.245. The number of carbonyl (C=O) groups excluding carboxylic acids is 2. The van der Waals surface area contributed by atoms with E-state index >= 15 is 0 Å². The van der Waals surface area contributed by atoms with E-state index in [1.165, 1.54) is 0 Å². The van der Waals surface area contributed by atoms with Gasteiger partial charge in [-0.3, -0.25) is 9.59 Å². The average Bonchev–Trinajstić information content (AvgIpc) is 1.99. The highest BCUT2D eigenvalue weighted by Gasteiger charge is 2.21. The molecule has 15 heavy (non-hydrogen) atoms. The van der Waals surface area contributed by atoms with Crippen LogP contribution in [0.2, 0.25) is 0 Å². The molecule has 2 amide bonds. The van der Waals surface area contributed by atoms with Crippen LogP contribution >= 0.6 is 0 Å².